The maximum Gasteiger partial charge on any atom is 0.246 e. The second-order valence-electron chi connectivity index (χ2n) is 3.38. The molecule has 2 aromatic rings. The highest BCUT2D eigenvalue weighted by Crippen LogP contribution is 2.18. The van der Waals surface area contributed by atoms with Gasteiger partial charge in [0.25, 0.3) is 0 Å². The summed E-state index contributed by atoms with van der Waals surface area (Å²) in [6.45, 7) is 0.0888. The second kappa shape index (κ2) is 5.70. The van der Waals surface area contributed by atoms with Crippen LogP contribution in [0.5, 0.6) is 0 Å². The molecule has 0 saturated carbocycles. The minimum atomic E-state index is 0.0888. The first kappa shape index (κ1) is 11.9. The fraction of sp³-hybridized carbons (Fsp3) is 0.182. The van der Waals surface area contributed by atoms with E-state index >= 15 is 0 Å². The van der Waals surface area contributed by atoms with Crippen molar-refractivity contribution in [2.75, 3.05) is 6.61 Å². The van der Waals surface area contributed by atoms with E-state index in [-0.39, 0.29) is 6.61 Å². The van der Waals surface area contributed by atoms with Gasteiger partial charge in [0, 0.05) is 23.2 Å². The summed E-state index contributed by atoms with van der Waals surface area (Å²) in [7, 11) is 0. The number of benzene rings is 1. The van der Waals surface area contributed by atoms with Crippen molar-refractivity contribution in [3.8, 4) is 0 Å². The zero-order valence-electron chi connectivity index (χ0n) is 8.97. The van der Waals surface area contributed by atoms with Crippen LogP contribution in [-0.2, 0) is 6.42 Å². The van der Waals surface area contributed by atoms with Crippen molar-refractivity contribution in [3.63, 3.8) is 0 Å². The molecular formula is C11H11BrN4O. The number of halogens is 1. The van der Waals surface area contributed by atoms with Crippen LogP contribution in [0.15, 0.2) is 45.2 Å². The first-order valence-corrected chi connectivity index (χ1v) is 5.89. The van der Waals surface area contributed by atoms with E-state index < -0.39 is 0 Å². The van der Waals surface area contributed by atoms with Gasteiger partial charge in [0.2, 0.25) is 5.95 Å². The van der Waals surface area contributed by atoms with Crippen molar-refractivity contribution in [1.82, 2.24) is 9.97 Å². The van der Waals surface area contributed by atoms with Crippen LogP contribution in [0.3, 0.4) is 0 Å². The fourth-order valence-electron chi connectivity index (χ4n) is 1.26. The van der Waals surface area contributed by atoms with Crippen LogP contribution >= 0.6 is 15.9 Å². The Morgan fingerprint density at radius 1 is 1.24 bits per heavy atom. The number of aliphatic hydroxyl groups is 1. The normalized spacial score (nSPS) is 11.2. The van der Waals surface area contributed by atoms with E-state index in [2.05, 4.69) is 36.1 Å². The Hall–Kier alpha value is -1.53. The minimum Gasteiger partial charge on any atom is -0.396 e. The first-order valence-electron chi connectivity index (χ1n) is 5.10. The number of aliphatic hydroxyl groups excluding tert-OH is 1. The van der Waals surface area contributed by atoms with Gasteiger partial charge in [-0.25, -0.2) is 4.98 Å². The van der Waals surface area contributed by atoms with Gasteiger partial charge in [0.15, 0.2) is 0 Å². The summed E-state index contributed by atoms with van der Waals surface area (Å²) in [5.74, 6) is 0.441. The SMILES string of the molecule is OCCc1cnc(N=Nc2ccc(Br)cc2)[nH]1. The lowest BCUT2D eigenvalue weighted by atomic mass is 10.3. The van der Waals surface area contributed by atoms with E-state index in [4.69, 9.17) is 5.11 Å². The summed E-state index contributed by atoms with van der Waals surface area (Å²) in [4.78, 5) is 6.99. The summed E-state index contributed by atoms with van der Waals surface area (Å²) in [6, 6.07) is 7.50. The van der Waals surface area contributed by atoms with E-state index in [0.717, 1.165) is 15.9 Å². The number of H-pyrrole nitrogens is 1. The topological polar surface area (TPSA) is 73.6 Å². The molecule has 2 rings (SSSR count). The molecule has 88 valence electrons. The highest BCUT2D eigenvalue weighted by Gasteiger charge is 1.98. The average molecular weight is 295 g/mol. The van der Waals surface area contributed by atoms with Crippen LogP contribution in [0.2, 0.25) is 0 Å². The van der Waals surface area contributed by atoms with Crippen LogP contribution in [0.1, 0.15) is 5.69 Å². The van der Waals surface area contributed by atoms with Crippen LogP contribution in [-0.4, -0.2) is 21.7 Å². The Bertz CT molecular complexity index is 506. The molecule has 1 aromatic heterocycles. The van der Waals surface area contributed by atoms with Gasteiger partial charge in [-0.05, 0) is 24.3 Å². The number of hydrogen-bond donors (Lipinski definition) is 2. The number of hydrogen-bond acceptors (Lipinski definition) is 4. The molecule has 0 spiro atoms. The lowest BCUT2D eigenvalue weighted by molar-refractivity contribution is 0.298. The number of imidazole rings is 1. The fourth-order valence-corrected chi connectivity index (χ4v) is 1.52. The van der Waals surface area contributed by atoms with E-state index in [0.29, 0.717) is 12.4 Å². The third-order valence-corrected chi connectivity index (χ3v) is 2.61. The summed E-state index contributed by atoms with van der Waals surface area (Å²) in [5.41, 5.74) is 1.60. The summed E-state index contributed by atoms with van der Waals surface area (Å²) in [5, 5.41) is 16.8. The molecule has 1 heterocycles. The molecule has 0 radical (unpaired) electrons. The van der Waals surface area contributed by atoms with Gasteiger partial charge in [-0.3, -0.25) is 0 Å². The molecule has 0 aliphatic rings. The number of aromatic amines is 1. The molecule has 6 heteroatoms. The van der Waals surface area contributed by atoms with Crippen molar-refractivity contribution in [3.05, 3.63) is 40.6 Å². The highest BCUT2D eigenvalue weighted by atomic mass is 79.9. The molecule has 0 atom stereocenters. The predicted molar refractivity (Wildman–Crippen MR) is 67.7 cm³/mol. The predicted octanol–water partition coefficient (Wildman–Crippen LogP) is 3.12. The Morgan fingerprint density at radius 2 is 2.00 bits per heavy atom. The van der Waals surface area contributed by atoms with Crippen molar-refractivity contribution in [2.45, 2.75) is 6.42 Å². The van der Waals surface area contributed by atoms with Gasteiger partial charge in [0.1, 0.15) is 0 Å². The van der Waals surface area contributed by atoms with Gasteiger partial charge in [-0.15, -0.1) is 10.2 Å². The van der Waals surface area contributed by atoms with Gasteiger partial charge in [-0.1, -0.05) is 15.9 Å². The van der Waals surface area contributed by atoms with E-state index in [1.807, 2.05) is 24.3 Å². The lowest BCUT2D eigenvalue weighted by Gasteiger charge is -1.91. The number of aromatic nitrogens is 2. The monoisotopic (exact) mass is 294 g/mol. The Labute approximate surface area is 107 Å². The molecule has 17 heavy (non-hydrogen) atoms. The number of rotatable bonds is 4. The molecule has 5 nitrogen and oxygen atoms in total. The van der Waals surface area contributed by atoms with E-state index in [1.54, 1.807) is 6.20 Å². The number of nitrogens with one attached hydrogen (secondary N) is 1. The molecule has 0 unspecified atom stereocenters. The van der Waals surface area contributed by atoms with E-state index in [9.17, 15) is 0 Å². The van der Waals surface area contributed by atoms with Crippen LogP contribution in [0, 0.1) is 0 Å². The lowest BCUT2D eigenvalue weighted by Crippen LogP contribution is -1.88. The quantitative estimate of drug-likeness (QED) is 0.850. The molecule has 2 N–H and O–H groups in total. The second-order valence-corrected chi connectivity index (χ2v) is 4.30. The maximum atomic E-state index is 8.76. The minimum absolute atomic E-state index is 0.0888. The average Bonchev–Trinajstić information content (AvgIpc) is 2.77. The molecule has 1 aromatic carbocycles. The first-order chi connectivity index (χ1) is 8.28. The van der Waals surface area contributed by atoms with Crippen molar-refractivity contribution in [1.29, 1.82) is 0 Å². The van der Waals surface area contributed by atoms with Crippen LogP contribution < -0.4 is 0 Å². The van der Waals surface area contributed by atoms with Crippen LogP contribution in [0.4, 0.5) is 11.6 Å². The Kier molecular flexibility index (Phi) is 4.00. The molecule has 0 fully saturated rings. The molecule has 0 saturated heterocycles. The molecule has 0 amide bonds. The van der Waals surface area contributed by atoms with E-state index in [1.165, 1.54) is 0 Å². The Morgan fingerprint density at radius 3 is 2.71 bits per heavy atom. The Balaban J connectivity index is 2.06. The zero-order valence-corrected chi connectivity index (χ0v) is 10.6. The van der Waals surface area contributed by atoms with Crippen molar-refractivity contribution >= 4 is 27.6 Å². The third kappa shape index (κ3) is 3.47. The molecule has 0 aliphatic heterocycles. The maximum absolute atomic E-state index is 8.76. The van der Waals surface area contributed by atoms with Crippen molar-refractivity contribution < 1.29 is 5.11 Å². The summed E-state index contributed by atoms with van der Waals surface area (Å²) < 4.78 is 1.000. The molecular weight excluding hydrogens is 284 g/mol. The standard InChI is InChI=1S/C11H11BrN4O/c12-8-1-3-9(4-2-8)15-16-11-13-7-10(14-11)5-6-17/h1-4,7,17H,5-6H2,(H,13,14). The van der Waals surface area contributed by atoms with Gasteiger partial charge >= 0.3 is 0 Å². The van der Waals surface area contributed by atoms with Crippen molar-refractivity contribution in [2.24, 2.45) is 10.2 Å². The smallest absolute Gasteiger partial charge is 0.246 e. The van der Waals surface area contributed by atoms with Gasteiger partial charge < -0.3 is 10.1 Å². The number of nitrogens with zero attached hydrogens (tertiary/aromatic N) is 3. The summed E-state index contributed by atoms with van der Waals surface area (Å²) >= 11 is 3.35. The third-order valence-electron chi connectivity index (χ3n) is 2.08. The van der Waals surface area contributed by atoms with Crippen LogP contribution in [0.25, 0.3) is 0 Å². The number of azo groups is 1. The summed E-state index contributed by atoms with van der Waals surface area (Å²) in [6.07, 6.45) is 2.19. The molecule has 0 aliphatic carbocycles. The van der Waals surface area contributed by atoms with Gasteiger partial charge in [0.05, 0.1) is 11.9 Å². The van der Waals surface area contributed by atoms with Gasteiger partial charge in [-0.2, -0.15) is 0 Å². The molecule has 0 bridgehead atoms. The largest absolute Gasteiger partial charge is 0.396 e. The highest BCUT2D eigenvalue weighted by molar-refractivity contribution is 9.10. The zero-order chi connectivity index (χ0) is 12.1.